The predicted octanol–water partition coefficient (Wildman–Crippen LogP) is 2.72. The smallest absolute Gasteiger partial charge is 0.337 e. The molecule has 0 aliphatic carbocycles. The van der Waals surface area contributed by atoms with Crippen LogP contribution < -0.4 is 10.9 Å². The van der Waals surface area contributed by atoms with E-state index in [0.717, 1.165) is 4.57 Å². The van der Waals surface area contributed by atoms with Gasteiger partial charge >= 0.3 is 5.97 Å². The number of sulfone groups is 1. The van der Waals surface area contributed by atoms with E-state index in [4.69, 9.17) is 0 Å². The minimum absolute atomic E-state index is 0.00532. The van der Waals surface area contributed by atoms with Crippen LogP contribution in [-0.2, 0) is 25.9 Å². The topological polar surface area (TPSA) is 112 Å². The molecular weight excluding hydrogens is 432 g/mol. The Hall–Kier alpha value is -3.72. The summed E-state index contributed by atoms with van der Waals surface area (Å²) >= 11 is 0. The first kappa shape index (κ1) is 23.0. The molecule has 32 heavy (non-hydrogen) atoms. The number of carbonyl (C=O) groups is 2. The fourth-order valence-electron chi connectivity index (χ4n) is 3.30. The quantitative estimate of drug-likeness (QED) is 0.573. The van der Waals surface area contributed by atoms with Crippen LogP contribution in [0.4, 0.5) is 5.69 Å². The fourth-order valence-corrected chi connectivity index (χ4v) is 4.87. The monoisotopic (exact) mass is 454 g/mol. The zero-order valence-electron chi connectivity index (χ0n) is 17.8. The van der Waals surface area contributed by atoms with Crippen LogP contribution in [0.1, 0.15) is 21.6 Å². The van der Waals surface area contributed by atoms with Crippen LogP contribution in [-0.4, -0.2) is 32.0 Å². The zero-order chi connectivity index (χ0) is 23.5. The molecule has 0 spiro atoms. The van der Waals surface area contributed by atoms with Crippen molar-refractivity contribution in [2.75, 3.05) is 12.4 Å². The molecule has 0 radical (unpaired) electrons. The highest BCUT2D eigenvalue weighted by atomic mass is 32.2. The molecular formula is C23H22N2O6S. The molecule has 166 valence electrons. The molecule has 1 heterocycles. The second kappa shape index (κ2) is 9.19. The van der Waals surface area contributed by atoms with Gasteiger partial charge in [0.25, 0.3) is 5.56 Å². The van der Waals surface area contributed by atoms with Gasteiger partial charge in [-0.25, -0.2) is 13.2 Å². The van der Waals surface area contributed by atoms with Crippen LogP contribution in [0.5, 0.6) is 0 Å². The van der Waals surface area contributed by atoms with Crippen LogP contribution in [0, 0.1) is 13.8 Å². The third-order valence-corrected chi connectivity index (χ3v) is 6.79. The van der Waals surface area contributed by atoms with Gasteiger partial charge in [0.05, 0.1) is 17.6 Å². The van der Waals surface area contributed by atoms with Gasteiger partial charge < -0.3 is 14.6 Å². The summed E-state index contributed by atoms with van der Waals surface area (Å²) in [5.74, 6) is -1.02. The van der Waals surface area contributed by atoms with Crippen molar-refractivity contribution in [3.63, 3.8) is 0 Å². The number of hydrogen-bond acceptors (Lipinski definition) is 6. The zero-order valence-corrected chi connectivity index (χ0v) is 18.6. The Kier molecular flexibility index (Phi) is 6.59. The Morgan fingerprint density at radius 3 is 2.22 bits per heavy atom. The lowest BCUT2D eigenvalue weighted by molar-refractivity contribution is -0.116. The highest BCUT2D eigenvalue weighted by molar-refractivity contribution is 7.91. The van der Waals surface area contributed by atoms with Crippen molar-refractivity contribution in [2.24, 2.45) is 0 Å². The summed E-state index contributed by atoms with van der Waals surface area (Å²) in [6.45, 7) is 2.81. The molecule has 1 aromatic heterocycles. The van der Waals surface area contributed by atoms with Gasteiger partial charge in [0.15, 0.2) is 0 Å². The van der Waals surface area contributed by atoms with Gasteiger partial charge in [0.1, 0.15) is 11.4 Å². The number of amides is 1. The Bertz CT molecular complexity index is 1330. The van der Waals surface area contributed by atoms with Gasteiger partial charge in [-0.15, -0.1) is 0 Å². The lowest BCUT2D eigenvalue weighted by atomic mass is 10.2. The van der Waals surface area contributed by atoms with Crippen LogP contribution >= 0.6 is 0 Å². The van der Waals surface area contributed by atoms with E-state index in [0.29, 0.717) is 22.5 Å². The van der Waals surface area contributed by atoms with Gasteiger partial charge in [0, 0.05) is 11.4 Å². The highest BCUT2D eigenvalue weighted by Gasteiger charge is 2.26. The fraction of sp³-hybridized carbons (Fsp3) is 0.174. The maximum Gasteiger partial charge on any atom is 0.337 e. The number of carbonyl (C=O) groups excluding carboxylic acids is 2. The minimum atomic E-state index is -4.06. The van der Waals surface area contributed by atoms with Crippen molar-refractivity contribution in [3.8, 4) is 0 Å². The lowest BCUT2D eigenvalue weighted by Crippen LogP contribution is -2.33. The van der Waals surface area contributed by atoms with Crippen LogP contribution in [0.3, 0.4) is 0 Å². The molecule has 9 heteroatoms. The first-order valence-corrected chi connectivity index (χ1v) is 11.1. The van der Waals surface area contributed by atoms with Gasteiger partial charge in [-0.3, -0.25) is 9.59 Å². The highest BCUT2D eigenvalue weighted by Crippen LogP contribution is 2.21. The third kappa shape index (κ3) is 4.62. The number of benzene rings is 2. The number of esters is 1. The Morgan fingerprint density at radius 2 is 1.62 bits per heavy atom. The standard InChI is InChI=1S/C23H22N2O6S/c1-15-13-16(2)25(22(27)21(15)32(29,30)19-7-5-4-6-8-19)14-20(26)24-18-11-9-17(10-12-18)23(28)31-3/h4-13H,14H2,1-3H3,(H,24,26). The summed E-state index contributed by atoms with van der Waals surface area (Å²) in [7, 11) is -2.79. The van der Waals surface area contributed by atoms with E-state index in [1.54, 1.807) is 38.1 Å². The summed E-state index contributed by atoms with van der Waals surface area (Å²) in [4.78, 5) is 36.8. The molecule has 0 aliphatic heterocycles. The van der Waals surface area contributed by atoms with E-state index in [1.165, 1.54) is 43.5 Å². The molecule has 0 fully saturated rings. The summed E-state index contributed by atoms with van der Waals surface area (Å²) in [6.07, 6.45) is 0. The molecule has 8 nitrogen and oxygen atoms in total. The SMILES string of the molecule is COC(=O)c1ccc(NC(=O)Cn2c(C)cc(C)c(S(=O)(=O)c3ccccc3)c2=O)cc1. The number of nitrogens with zero attached hydrogens (tertiary/aromatic N) is 1. The van der Waals surface area contributed by atoms with Gasteiger partial charge in [-0.05, 0) is 61.9 Å². The van der Waals surface area contributed by atoms with Crippen LogP contribution in [0.15, 0.2) is 75.2 Å². The number of nitrogens with one attached hydrogen (secondary N) is 1. The molecule has 3 aromatic rings. The second-order valence-corrected chi connectivity index (χ2v) is 9.01. The molecule has 1 N–H and O–H groups in total. The molecule has 1 amide bonds. The Labute approximate surface area is 185 Å². The van der Waals surface area contributed by atoms with Crippen molar-refractivity contribution < 1.29 is 22.7 Å². The van der Waals surface area contributed by atoms with Gasteiger partial charge in [-0.1, -0.05) is 18.2 Å². The molecule has 0 atom stereocenters. The normalized spacial score (nSPS) is 11.1. The Balaban J connectivity index is 1.90. The van der Waals surface area contributed by atoms with E-state index in [2.05, 4.69) is 10.1 Å². The van der Waals surface area contributed by atoms with Crippen molar-refractivity contribution in [2.45, 2.75) is 30.2 Å². The van der Waals surface area contributed by atoms with Crippen LogP contribution in [0.25, 0.3) is 0 Å². The Morgan fingerprint density at radius 1 is 1.00 bits per heavy atom. The number of anilines is 1. The summed E-state index contributed by atoms with van der Waals surface area (Å²) in [6, 6.07) is 15.3. The molecule has 0 saturated carbocycles. The summed E-state index contributed by atoms with van der Waals surface area (Å²) in [5, 5.41) is 2.63. The van der Waals surface area contributed by atoms with E-state index in [9.17, 15) is 22.8 Å². The van der Waals surface area contributed by atoms with E-state index >= 15 is 0 Å². The van der Waals surface area contributed by atoms with Crippen LogP contribution in [0.2, 0.25) is 0 Å². The average Bonchev–Trinajstić information content (AvgIpc) is 2.77. The maximum absolute atomic E-state index is 13.1. The number of ether oxygens (including phenoxy) is 1. The van der Waals surface area contributed by atoms with Crippen molar-refractivity contribution in [1.82, 2.24) is 4.57 Å². The average molecular weight is 455 g/mol. The summed E-state index contributed by atoms with van der Waals surface area (Å²) in [5.41, 5.74) is 0.745. The minimum Gasteiger partial charge on any atom is -0.465 e. The summed E-state index contributed by atoms with van der Waals surface area (Å²) < 4.78 is 31.9. The number of rotatable bonds is 6. The number of aryl methyl sites for hydroxylation is 2. The molecule has 0 unspecified atom stereocenters. The molecule has 0 bridgehead atoms. The second-order valence-electron chi connectivity index (χ2n) is 7.12. The number of hydrogen-bond donors (Lipinski definition) is 1. The molecule has 2 aromatic carbocycles. The van der Waals surface area contributed by atoms with Gasteiger partial charge in [0.2, 0.25) is 15.7 Å². The molecule has 0 aliphatic rings. The number of methoxy groups -OCH3 is 1. The van der Waals surface area contributed by atoms with Crippen molar-refractivity contribution in [1.29, 1.82) is 0 Å². The molecule has 0 saturated heterocycles. The predicted molar refractivity (Wildman–Crippen MR) is 118 cm³/mol. The molecule has 3 rings (SSSR count). The third-order valence-electron chi connectivity index (χ3n) is 4.86. The lowest BCUT2D eigenvalue weighted by Gasteiger charge is -2.15. The van der Waals surface area contributed by atoms with Gasteiger partial charge in [-0.2, -0.15) is 0 Å². The number of pyridine rings is 1. The van der Waals surface area contributed by atoms with Crippen molar-refractivity contribution >= 4 is 27.4 Å². The van der Waals surface area contributed by atoms with E-state index in [1.807, 2.05) is 0 Å². The first-order valence-electron chi connectivity index (χ1n) is 9.64. The number of aromatic nitrogens is 1. The first-order chi connectivity index (χ1) is 15.1. The largest absolute Gasteiger partial charge is 0.465 e. The van der Waals surface area contributed by atoms with E-state index < -0.39 is 27.3 Å². The maximum atomic E-state index is 13.1. The van der Waals surface area contributed by atoms with E-state index in [-0.39, 0.29) is 16.3 Å². The van der Waals surface area contributed by atoms with Crippen molar-refractivity contribution in [3.05, 3.63) is 87.8 Å².